The van der Waals surface area contributed by atoms with Crippen LogP contribution in [0, 0.1) is 13.8 Å². The summed E-state index contributed by atoms with van der Waals surface area (Å²) in [6.07, 6.45) is 8.35. The van der Waals surface area contributed by atoms with Gasteiger partial charge in [0.15, 0.2) is 0 Å². The summed E-state index contributed by atoms with van der Waals surface area (Å²) in [6.45, 7) is 6.62. The van der Waals surface area contributed by atoms with Gasteiger partial charge in [-0.1, -0.05) is 19.3 Å². The SMILES string of the molecule is Cc1cc(C(=O)N2CCN(C(=O)NC3CCCCC3)CC2)c(C)n1C1CC1. The highest BCUT2D eigenvalue weighted by molar-refractivity contribution is 5.96. The molecule has 0 spiro atoms. The maximum absolute atomic E-state index is 13.0. The smallest absolute Gasteiger partial charge is 0.317 e. The van der Waals surface area contributed by atoms with E-state index < -0.39 is 0 Å². The van der Waals surface area contributed by atoms with Crippen molar-refractivity contribution in [3.63, 3.8) is 0 Å². The Bertz CT molecular complexity index is 708. The van der Waals surface area contributed by atoms with Crippen molar-refractivity contribution in [3.05, 3.63) is 23.0 Å². The van der Waals surface area contributed by atoms with Crippen LogP contribution in [0.2, 0.25) is 0 Å². The highest BCUT2D eigenvalue weighted by Gasteiger charge is 2.31. The van der Waals surface area contributed by atoms with Crippen molar-refractivity contribution >= 4 is 11.9 Å². The van der Waals surface area contributed by atoms with Gasteiger partial charge in [0.05, 0.1) is 5.56 Å². The lowest BCUT2D eigenvalue weighted by Gasteiger charge is -2.36. The Morgan fingerprint density at radius 2 is 1.56 bits per heavy atom. The molecule has 148 valence electrons. The number of carbonyl (C=O) groups excluding carboxylic acids is 2. The molecule has 0 unspecified atom stereocenters. The number of piperazine rings is 1. The Morgan fingerprint density at radius 3 is 2.19 bits per heavy atom. The topological polar surface area (TPSA) is 57.6 Å². The first-order valence-electron chi connectivity index (χ1n) is 10.6. The molecule has 6 heteroatoms. The number of hydrogen-bond donors (Lipinski definition) is 1. The number of rotatable bonds is 3. The molecule has 4 rings (SSSR count). The van der Waals surface area contributed by atoms with Gasteiger partial charge in [0.2, 0.25) is 0 Å². The Kier molecular flexibility index (Phi) is 5.15. The fourth-order valence-corrected chi connectivity index (χ4v) is 4.68. The lowest BCUT2D eigenvalue weighted by atomic mass is 9.96. The average Bonchev–Trinajstić information content (AvgIpc) is 3.47. The Balaban J connectivity index is 1.33. The molecular formula is C21H32N4O2. The van der Waals surface area contributed by atoms with Gasteiger partial charge in [-0.25, -0.2) is 4.79 Å². The second kappa shape index (κ2) is 7.56. The summed E-state index contributed by atoms with van der Waals surface area (Å²) >= 11 is 0. The third-order valence-electron chi connectivity index (χ3n) is 6.41. The van der Waals surface area contributed by atoms with Gasteiger partial charge in [-0.05, 0) is 45.6 Å². The van der Waals surface area contributed by atoms with E-state index in [1.165, 1.54) is 37.8 Å². The molecule has 0 atom stereocenters. The van der Waals surface area contributed by atoms with Crippen molar-refractivity contribution in [3.8, 4) is 0 Å². The molecule has 1 aromatic heterocycles. The number of amides is 3. The fourth-order valence-electron chi connectivity index (χ4n) is 4.68. The molecule has 3 aliphatic rings. The van der Waals surface area contributed by atoms with E-state index in [-0.39, 0.29) is 11.9 Å². The summed E-state index contributed by atoms with van der Waals surface area (Å²) in [5.74, 6) is 0.113. The lowest BCUT2D eigenvalue weighted by molar-refractivity contribution is 0.0661. The van der Waals surface area contributed by atoms with E-state index in [1.54, 1.807) is 0 Å². The van der Waals surface area contributed by atoms with Gasteiger partial charge in [-0.15, -0.1) is 0 Å². The van der Waals surface area contributed by atoms with Crippen LogP contribution in [0.3, 0.4) is 0 Å². The lowest BCUT2D eigenvalue weighted by Crippen LogP contribution is -2.54. The van der Waals surface area contributed by atoms with E-state index in [2.05, 4.69) is 23.7 Å². The maximum Gasteiger partial charge on any atom is 0.317 e. The number of aromatic nitrogens is 1. The van der Waals surface area contributed by atoms with Gasteiger partial charge >= 0.3 is 6.03 Å². The summed E-state index contributed by atoms with van der Waals surface area (Å²) in [6, 6.07) is 3.00. The summed E-state index contributed by atoms with van der Waals surface area (Å²) in [7, 11) is 0. The Hall–Kier alpha value is -1.98. The fraction of sp³-hybridized carbons (Fsp3) is 0.714. The molecule has 3 amide bonds. The van der Waals surface area contributed by atoms with Gasteiger partial charge in [0.1, 0.15) is 0 Å². The summed E-state index contributed by atoms with van der Waals surface area (Å²) in [5.41, 5.74) is 3.11. The predicted molar refractivity (Wildman–Crippen MR) is 105 cm³/mol. The van der Waals surface area contributed by atoms with Crippen molar-refractivity contribution in [1.82, 2.24) is 19.7 Å². The molecule has 27 heavy (non-hydrogen) atoms. The van der Waals surface area contributed by atoms with Crippen LogP contribution >= 0.6 is 0 Å². The molecule has 2 saturated carbocycles. The molecule has 1 aliphatic heterocycles. The van der Waals surface area contributed by atoms with Crippen molar-refractivity contribution in [2.75, 3.05) is 26.2 Å². The van der Waals surface area contributed by atoms with E-state index in [0.717, 1.165) is 24.1 Å². The zero-order chi connectivity index (χ0) is 19.0. The second-order valence-electron chi connectivity index (χ2n) is 8.45. The van der Waals surface area contributed by atoms with Gasteiger partial charge < -0.3 is 19.7 Å². The maximum atomic E-state index is 13.0. The third kappa shape index (κ3) is 3.85. The van der Waals surface area contributed by atoms with Gasteiger partial charge in [-0.2, -0.15) is 0 Å². The first kappa shape index (κ1) is 18.4. The molecule has 1 N–H and O–H groups in total. The summed E-state index contributed by atoms with van der Waals surface area (Å²) < 4.78 is 2.32. The molecule has 3 fully saturated rings. The minimum absolute atomic E-state index is 0.0425. The van der Waals surface area contributed by atoms with Crippen LogP contribution in [0.15, 0.2) is 6.07 Å². The van der Waals surface area contributed by atoms with Crippen LogP contribution in [-0.2, 0) is 0 Å². The molecular weight excluding hydrogens is 340 g/mol. The molecule has 0 bridgehead atoms. The molecule has 6 nitrogen and oxygen atoms in total. The number of carbonyl (C=O) groups is 2. The standard InChI is InChI=1S/C21H32N4O2/c1-15-14-19(16(2)25(15)18-8-9-18)20(26)23-10-12-24(13-11-23)21(27)22-17-6-4-3-5-7-17/h14,17-18H,3-13H2,1-2H3,(H,22,27). The average molecular weight is 373 g/mol. The monoisotopic (exact) mass is 372 g/mol. The quantitative estimate of drug-likeness (QED) is 0.885. The van der Waals surface area contributed by atoms with Crippen molar-refractivity contribution in [2.45, 2.75) is 70.9 Å². The second-order valence-corrected chi connectivity index (χ2v) is 8.45. The number of nitrogens with zero attached hydrogens (tertiary/aromatic N) is 3. The van der Waals surface area contributed by atoms with Crippen molar-refractivity contribution < 1.29 is 9.59 Å². The Labute approximate surface area is 161 Å². The van der Waals surface area contributed by atoms with Gasteiger partial charge in [-0.3, -0.25) is 4.79 Å². The van der Waals surface area contributed by atoms with Gasteiger partial charge in [0.25, 0.3) is 5.91 Å². The van der Waals surface area contributed by atoms with Crippen LogP contribution < -0.4 is 5.32 Å². The van der Waals surface area contributed by atoms with Crippen LogP contribution in [0.25, 0.3) is 0 Å². The molecule has 0 radical (unpaired) electrons. The zero-order valence-electron chi connectivity index (χ0n) is 16.7. The normalized spacial score (nSPS) is 21.4. The number of hydrogen-bond acceptors (Lipinski definition) is 2. The minimum atomic E-state index is 0.0425. The first-order valence-corrected chi connectivity index (χ1v) is 10.6. The Morgan fingerprint density at radius 1 is 0.926 bits per heavy atom. The van der Waals surface area contributed by atoms with E-state index in [9.17, 15) is 9.59 Å². The van der Waals surface area contributed by atoms with Crippen LogP contribution in [0.1, 0.15) is 72.7 Å². The largest absolute Gasteiger partial charge is 0.345 e. The summed E-state index contributed by atoms with van der Waals surface area (Å²) in [5, 5.41) is 3.18. The predicted octanol–water partition coefficient (Wildman–Crippen LogP) is 3.24. The van der Waals surface area contributed by atoms with Crippen LogP contribution in [-0.4, -0.2) is 58.5 Å². The molecule has 1 saturated heterocycles. The van der Waals surface area contributed by atoms with Crippen molar-refractivity contribution in [1.29, 1.82) is 0 Å². The van der Waals surface area contributed by atoms with Crippen molar-refractivity contribution in [2.24, 2.45) is 0 Å². The summed E-state index contributed by atoms with van der Waals surface area (Å²) in [4.78, 5) is 29.3. The van der Waals surface area contributed by atoms with E-state index >= 15 is 0 Å². The van der Waals surface area contributed by atoms with E-state index in [4.69, 9.17) is 0 Å². The van der Waals surface area contributed by atoms with Crippen LogP contribution in [0.5, 0.6) is 0 Å². The molecule has 0 aromatic carbocycles. The molecule has 2 aliphatic carbocycles. The van der Waals surface area contributed by atoms with E-state index in [0.29, 0.717) is 38.3 Å². The van der Waals surface area contributed by atoms with E-state index in [1.807, 2.05) is 15.9 Å². The molecule has 2 heterocycles. The molecule has 1 aromatic rings. The highest BCUT2D eigenvalue weighted by Crippen LogP contribution is 2.38. The first-order chi connectivity index (χ1) is 13.0. The number of aryl methyl sites for hydroxylation is 1. The number of nitrogens with one attached hydrogen (secondary N) is 1. The van der Waals surface area contributed by atoms with Crippen LogP contribution in [0.4, 0.5) is 4.79 Å². The minimum Gasteiger partial charge on any atom is -0.345 e. The number of urea groups is 1. The zero-order valence-corrected chi connectivity index (χ0v) is 16.7. The third-order valence-corrected chi connectivity index (χ3v) is 6.41. The van der Waals surface area contributed by atoms with Gasteiger partial charge in [0, 0.05) is 49.7 Å². The highest BCUT2D eigenvalue weighted by atomic mass is 16.2.